The van der Waals surface area contributed by atoms with Crippen LogP contribution in [0.25, 0.3) is 0 Å². The summed E-state index contributed by atoms with van der Waals surface area (Å²) in [6.45, 7) is 8.36. The topological polar surface area (TPSA) is 20.2 Å². The average Bonchev–Trinajstić information content (AvgIpc) is 2.16. The molecular weight excluding hydrogens is 172 g/mol. The van der Waals surface area contributed by atoms with Crippen LogP contribution < -0.4 is 0 Å². The van der Waals surface area contributed by atoms with Crippen molar-refractivity contribution in [3.63, 3.8) is 0 Å². The van der Waals surface area contributed by atoms with Crippen LogP contribution in [-0.4, -0.2) is 5.11 Å². The molecule has 0 spiro atoms. The zero-order valence-corrected chi connectivity index (χ0v) is 9.59. The van der Waals surface area contributed by atoms with Gasteiger partial charge < -0.3 is 5.11 Å². The van der Waals surface area contributed by atoms with E-state index in [1.54, 1.807) is 0 Å². The third-order valence-corrected chi connectivity index (χ3v) is 2.97. The Morgan fingerprint density at radius 1 is 1.07 bits per heavy atom. The predicted molar refractivity (Wildman–Crippen MR) is 60.9 cm³/mol. The summed E-state index contributed by atoms with van der Waals surface area (Å²) in [6.07, 6.45) is 2.33. The number of hydrogen-bond acceptors (Lipinski definition) is 1. The summed E-state index contributed by atoms with van der Waals surface area (Å²) in [5.74, 6) is 1.08. The number of aromatic hydroxyl groups is 1. The molecule has 1 nitrogen and oxygen atoms in total. The van der Waals surface area contributed by atoms with Gasteiger partial charge in [-0.2, -0.15) is 0 Å². The number of phenols is 1. The monoisotopic (exact) mass is 192 g/mol. The lowest BCUT2D eigenvalue weighted by atomic mass is 9.91. The molecule has 0 fully saturated rings. The molecule has 1 rings (SSSR count). The van der Waals surface area contributed by atoms with Crippen molar-refractivity contribution in [2.45, 2.75) is 46.5 Å². The first-order valence-electron chi connectivity index (χ1n) is 5.40. The fraction of sp³-hybridized carbons (Fsp3) is 0.538. The van der Waals surface area contributed by atoms with Crippen LogP contribution in [0.15, 0.2) is 12.1 Å². The first-order chi connectivity index (χ1) is 6.60. The molecule has 0 bridgehead atoms. The molecule has 0 aromatic heterocycles. The summed E-state index contributed by atoms with van der Waals surface area (Å²) >= 11 is 0. The highest BCUT2D eigenvalue weighted by Gasteiger charge is 2.10. The maximum absolute atomic E-state index is 9.66. The Balaban J connectivity index is 3.11. The number of benzene rings is 1. The van der Waals surface area contributed by atoms with Crippen LogP contribution in [0.3, 0.4) is 0 Å². The van der Waals surface area contributed by atoms with Crippen molar-refractivity contribution in [2.24, 2.45) is 0 Å². The van der Waals surface area contributed by atoms with Crippen LogP contribution in [0.1, 0.15) is 49.3 Å². The van der Waals surface area contributed by atoms with Gasteiger partial charge in [0.1, 0.15) is 5.75 Å². The van der Waals surface area contributed by atoms with Crippen molar-refractivity contribution in [1.82, 2.24) is 0 Å². The highest BCUT2D eigenvalue weighted by Crippen LogP contribution is 2.29. The van der Waals surface area contributed by atoms with Crippen molar-refractivity contribution in [2.75, 3.05) is 0 Å². The van der Waals surface area contributed by atoms with Crippen LogP contribution in [0.2, 0.25) is 0 Å². The molecule has 0 saturated carbocycles. The van der Waals surface area contributed by atoms with Gasteiger partial charge in [0.2, 0.25) is 0 Å². The van der Waals surface area contributed by atoms with Gasteiger partial charge in [-0.1, -0.05) is 26.0 Å². The van der Waals surface area contributed by atoms with Gasteiger partial charge in [-0.3, -0.25) is 0 Å². The van der Waals surface area contributed by atoms with E-state index in [1.165, 1.54) is 18.4 Å². The fourth-order valence-electron chi connectivity index (χ4n) is 1.99. The Labute approximate surface area is 86.8 Å². The van der Waals surface area contributed by atoms with E-state index in [0.717, 1.165) is 11.1 Å². The van der Waals surface area contributed by atoms with Gasteiger partial charge in [-0.25, -0.2) is 0 Å². The van der Waals surface area contributed by atoms with Gasteiger partial charge in [0, 0.05) is 0 Å². The summed E-state index contributed by atoms with van der Waals surface area (Å²) in [6, 6.07) is 4.22. The lowest BCUT2D eigenvalue weighted by Crippen LogP contribution is -1.97. The second-order valence-electron chi connectivity index (χ2n) is 4.02. The van der Waals surface area contributed by atoms with Crippen LogP contribution in [0, 0.1) is 13.8 Å². The maximum atomic E-state index is 9.66. The number of phenolic OH excluding ortho intramolecular Hbond substituents is 1. The Morgan fingerprint density at radius 3 is 1.86 bits per heavy atom. The van der Waals surface area contributed by atoms with E-state index < -0.39 is 0 Å². The molecule has 14 heavy (non-hydrogen) atoms. The van der Waals surface area contributed by atoms with E-state index in [2.05, 4.69) is 26.0 Å². The zero-order valence-electron chi connectivity index (χ0n) is 9.59. The van der Waals surface area contributed by atoms with Crippen molar-refractivity contribution >= 4 is 0 Å². The van der Waals surface area contributed by atoms with E-state index in [4.69, 9.17) is 0 Å². The van der Waals surface area contributed by atoms with Crippen molar-refractivity contribution in [3.05, 3.63) is 28.8 Å². The van der Waals surface area contributed by atoms with E-state index in [9.17, 15) is 5.11 Å². The lowest BCUT2D eigenvalue weighted by molar-refractivity contribution is 0.466. The largest absolute Gasteiger partial charge is 0.507 e. The minimum atomic E-state index is 0.444. The highest BCUT2D eigenvalue weighted by molar-refractivity contribution is 5.43. The molecule has 1 aromatic rings. The van der Waals surface area contributed by atoms with Crippen LogP contribution in [0.4, 0.5) is 0 Å². The van der Waals surface area contributed by atoms with E-state index in [1.807, 2.05) is 13.8 Å². The molecule has 0 aliphatic rings. The second kappa shape index (κ2) is 4.50. The smallest absolute Gasteiger partial charge is 0.121 e. The van der Waals surface area contributed by atoms with Gasteiger partial charge in [0.25, 0.3) is 0 Å². The summed E-state index contributed by atoms with van der Waals surface area (Å²) < 4.78 is 0. The molecule has 0 aliphatic heterocycles. The van der Waals surface area contributed by atoms with Crippen molar-refractivity contribution in [1.29, 1.82) is 0 Å². The van der Waals surface area contributed by atoms with Gasteiger partial charge in [0.15, 0.2) is 0 Å². The van der Waals surface area contributed by atoms with Crippen LogP contribution in [0.5, 0.6) is 5.75 Å². The van der Waals surface area contributed by atoms with Gasteiger partial charge >= 0.3 is 0 Å². The maximum Gasteiger partial charge on any atom is 0.121 e. The fourth-order valence-corrected chi connectivity index (χ4v) is 1.99. The van der Waals surface area contributed by atoms with E-state index in [-0.39, 0.29) is 0 Å². The number of rotatable bonds is 3. The SMILES string of the molecule is CCC(CC)c1cc(C)c(O)c(C)c1. The molecule has 1 N–H and O–H groups in total. The van der Waals surface area contributed by atoms with Crippen LogP contribution >= 0.6 is 0 Å². The summed E-state index contributed by atoms with van der Waals surface area (Å²) in [4.78, 5) is 0. The minimum absolute atomic E-state index is 0.444. The Hall–Kier alpha value is -0.980. The second-order valence-corrected chi connectivity index (χ2v) is 4.02. The number of aryl methyl sites for hydroxylation is 2. The molecular formula is C13H20O. The van der Waals surface area contributed by atoms with Gasteiger partial charge in [-0.15, -0.1) is 0 Å². The first-order valence-corrected chi connectivity index (χ1v) is 5.40. The number of hydrogen-bond donors (Lipinski definition) is 1. The van der Waals surface area contributed by atoms with Crippen molar-refractivity contribution < 1.29 is 5.11 Å². The van der Waals surface area contributed by atoms with Gasteiger partial charge in [0.05, 0.1) is 0 Å². The Bertz CT molecular complexity index is 288. The van der Waals surface area contributed by atoms with Crippen molar-refractivity contribution in [3.8, 4) is 5.75 Å². The summed E-state index contributed by atoms with van der Waals surface area (Å²) in [7, 11) is 0. The van der Waals surface area contributed by atoms with Gasteiger partial charge in [-0.05, 0) is 49.3 Å². The molecule has 0 amide bonds. The minimum Gasteiger partial charge on any atom is -0.507 e. The molecule has 0 unspecified atom stereocenters. The molecule has 0 saturated heterocycles. The standard InChI is InChI=1S/C13H20O/c1-5-11(6-2)12-7-9(3)13(14)10(4)8-12/h7-8,11,14H,5-6H2,1-4H3. The van der Waals surface area contributed by atoms with Crippen LogP contribution in [-0.2, 0) is 0 Å². The third-order valence-electron chi connectivity index (χ3n) is 2.97. The molecule has 1 aromatic carbocycles. The Morgan fingerprint density at radius 2 is 1.50 bits per heavy atom. The lowest BCUT2D eigenvalue weighted by Gasteiger charge is -2.15. The average molecular weight is 192 g/mol. The Kier molecular flexibility index (Phi) is 3.56. The van der Waals surface area contributed by atoms with E-state index >= 15 is 0 Å². The first kappa shape index (κ1) is 11.1. The molecule has 0 radical (unpaired) electrons. The highest BCUT2D eigenvalue weighted by atomic mass is 16.3. The summed E-state index contributed by atoms with van der Waals surface area (Å²) in [5.41, 5.74) is 3.35. The third kappa shape index (κ3) is 2.09. The quantitative estimate of drug-likeness (QED) is 0.769. The molecule has 1 heteroatoms. The molecule has 0 heterocycles. The molecule has 0 aliphatic carbocycles. The van der Waals surface area contributed by atoms with E-state index in [0.29, 0.717) is 11.7 Å². The zero-order chi connectivity index (χ0) is 10.7. The summed E-state index contributed by atoms with van der Waals surface area (Å²) in [5, 5.41) is 9.66. The molecule has 0 atom stereocenters. The predicted octanol–water partition coefficient (Wildman–Crippen LogP) is 3.91. The molecule has 78 valence electrons. The normalized spacial score (nSPS) is 10.9.